The third kappa shape index (κ3) is 3.04. The van der Waals surface area contributed by atoms with Gasteiger partial charge in [-0.3, -0.25) is 9.59 Å². The van der Waals surface area contributed by atoms with Gasteiger partial charge in [-0.25, -0.2) is 4.90 Å². The molecule has 1 saturated heterocycles. The number of carbonyl (C=O) groups is 2. The third-order valence-electron chi connectivity index (χ3n) is 3.82. The Balaban J connectivity index is 1.82. The number of hydrogen-bond acceptors (Lipinski definition) is 4. The van der Waals surface area contributed by atoms with E-state index in [4.69, 9.17) is 4.74 Å². The van der Waals surface area contributed by atoms with Crippen LogP contribution in [0.25, 0.3) is 0 Å². The first-order valence-corrected chi connectivity index (χ1v) is 7.42. The van der Waals surface area contributed by atoms with Gasteiger partial charge < -0.3 is 10.1 Å². The molecule has 1 atom stereocenters. The summed E-state index contributed by atoms with van der Waals surface area (Å²) in [4.78, 5) is 26.1. The Morgan fingerprint density at radius 3 is 2.65 bits per heavy atom. The SMILES string of the molecule is COc1cccc(N2C(=O)C[C@H](Nc3cccc(C)c3)C2=O)c1. The summed E-state index contributed by atoms with van der Waals surface area (Å²) < 4.78 is 5.16. The van der Waals surface area contributed by atoms with Crippen molar-refractivity contribution in [2.45, 2.75) is 19.4 Å². The number of nitrogens with zero attached hydrogens (tertiary/aromatic N) is 1. The molecule has 118 valence electrons. The molecule has 3 rings (SSSR count). The molecule has 0 spiro atoms. The van der Waals surface area contributed by atoms with E-state index in [9.17, 15) is 9.59 Å². The fourth-order valence-corrected chi connectivity index (χ4v) is 2.70. The number of nitrogens with one attached hydrogen (secondary N) is 1. The lowest BCUT2D eigenvalue weighted by Gasteiger charge is -2.17. The topological polar surface area (TPSA) is 58.6 Å². The predicted molar refractivity (Wildman–Crippen MR) is 88.7 cm³/mol. The van der Waals surface area contributed by atoms with Crippen molar-refractivity contribution in [3.8, 4) is 5.75 Å². The fourth-order valence-electron chi connectivity index (χ4n) is 2.70. The van der Waals surface area contributed by atoms with Gasteiger partial charge in [0.05, 0.1) is 19.2 Å². The van der Waals surface area contributed by atoms with E-state index in [2.05, 4.69) is 5.32 Å². The zero-order chi connectivity index (χ0) is 16.4. The van der Waals surface area contributed by atoms with E-state index in [1.807, 2.05) is 31.2 Å². The summed E-state index contributed by atoms with van der Waals surface area (Å²) in [5.74, 6) is 0.149. The van der Waals surface area contributed by atoms with Gasteiger partial charge in [-0.15, -0.1) is 0 Å². The first-order chi connectivity index (χ1) is 11.1. The van der Waals surface area contributed by atoms with Crippen molar-refractivity contribution in [2.75, 3.05) is 17.3 Å². The maximum atomic E-state index is 12.6. The summed E-state index contributed by atoms with van der Waals surface area (Å²) in [5.41, 5.74) is 2.47. The standard InChI is InChI=1S/C18H18N2O3/c1-12-5-3-6-13(9-12)19-16-11-17(21)20(18(16)22)14-7-4-8-15(10-14)23-2/h3-10,16,19H,11H2,1-2H3/t16-/m0/s1. The predicted octanol–water partition coefficient (Wildman–Crippen LogP) is 2.75. The molecule has 0 unspecified atom stereocenters. The van der Waals surface area contributed by atoms with E-state index in [0.717, 1.165) is 11.3 Å². The van der Waals surface area contributed by atoms with Crippen molar-refractivity contribution in [1.29, 1.82) is 0 Å². The lowest BCUT2D eigenvalue weighted by molar-refractivity contribution is -0.121. The summed E-state index contributed by atoms with van der Waals surface area (Å²) in [7, 11) is 1.55. The van der Waals surface area contributed by atoms with E-state index in [-0.39, 0.29) is 18.2 Å². The van der Waals surface area contributed by atoms with Crippen LogP contribution in [0.1, 0.15) is 12.0 Å². The monoisotopic (exact) mass is 310 g/mol. The highest BCUT2D eigenvalue weighted by atomic mass is 16.5. The molecular formula is C18H18N2O3. The van der Waals surface area contributed by atoms with Crippen LogP contribution >= 0.6 is 0 Å². The Kier molecular flexibility index (Phi) is 4.02. The van der Waals surface area contributed by atoms with Crippen LogP contribution in [0.5, 0.6) is 5.75 Å². The van der Waals surface area contributed by atoms with Crippen LogP contribution in [0, 0.1) is 6.92 Å². The van der Waals surface area contributed by atoms with E-state index in [1.165, 1.54) is 4.90 Å². The lowest BCUT2D eigenvalue weighted by atomic mass is 10.2. The molecule has 1 fully saturated rings. The number of amides is 2. The van der Waals surface area contributed by atoms with Crippen molar-refractivity contribution in [1.82, 2.24) is 0 Å². The molecule has 2 aromatic carbocycles. The molecule has 2 amide bonds. The van der Waals surface area contributed by atoms with E-state index >= 15 is 0 Å². The van der Waals surface area contributed by atoms with Gasteiger partial charge in [0.1, 0.15) is 11.8 Å². The van der Waals surface area contributed by atoms with Crippen LogP contribution in [0.3, 0.4) is 0 Å². The number of aryl methyl sites for hydroxylation is 1. The Labute approximate surface area is 134 Å². The first kappa shape index (κ1) is 15.1. The summed E-state index contributed by atoms with van der Waals surface area (Å²) >= 11 is 0. The molecule has 1 N–H and O–H groups in total. The number of ether oxygens (including phenoxy) is 1. The fraction of sp³-hybridized carbons (Fsp3) is 0.222. The Bertz CT molecular complexity index is 757. The van der Waals surface area contributed by atoms with Gasteiger partial charge in [0.2, 0.25) is 5.91 Å². The van der Waals surface area contributed by atoms with Crippen molar-refractivity contribution in [3.05, 3.63) is 54.1 Å². The summed E-state index contributed by atoms with van der Waals surface area (Å²) in [6.45, 7) is 1.98. The normalized spacial score (nSPS) is 17.5. The van der Waals surface area contributed by atoms with Crippen LogP contribution < -0.4 is 15.0 Å². The van der Waals surface area contributed by atoms with E-state index in [1.54, 1.807) is 31.4 Å². The maximum Gasteiger partial charge on any atom is 0.256 e. The van der Waals surface area contributed by atoms with E-state index in [0.29, 0.717) is 11.4 Å². The number of benzene rings is 2. The number of hydrogen-bond donors (Lipinski definition) is 1. The molecule has 1 heterocycles. The molecule has 5 nitrogen and oxygen atoms in total. The second-order valence-electron chi connectivity index (χ2n) is 5.54. The quantitative estimate of drug-likeness (QED) is 0.882. The van der Waals surface area contributed by atoms with Gasteiger partial charge in [-0.2, -0.15) is 0 Å². The zero-order valence-corrected chi connectivity index (χ0v) is 13.1. The smallest absolute Gasteiger partial charge is 0.256 e. The zero-order valence-electron chi connectivity index (χ0n) is 13.1. The Hall–Kier alpha value is -2.82. The van der Waals surface area contributed by atoms with Crippen molar-refractivity contribution < 1.29 is 14.3 Å². The average molecular weight is 310 g/mol. The largest absolute Gasteiger partial charge is 0.497 e. The maximum absolute atomic E-state index is 12.6. The second kappa shape index (κ2) is 6.12. The first-order valence-electron chi connectivity index (χ1n) is 7.42. The summed E-state index contributed by atoms with van der Waals surface area (Å²) in [6, 6.07) is 14.1. The van der Waals surface area contributed by atoms with Crippen LogP contribution in [-0.2, 0) is 9.59 Å². The minimum atomic E-state index is -0.546. The van der Waals surface area contributed by atoms with Crippen LogP contribution in [0.15, 0.2) is 48.5 Å². The highest BCUT2D eigenvalue weighted by Gasteiger charge is 2.39. The third-order valence-corrected chi connectivity index (χ3v) is 3.82. The summed E-state index contributed by atoms with van der Waals surface area (Å²) in [5, 5.41) is 3.15. The van der Waals surface area contributed by atoms with Crippen LogP contribution in [0.2, 0.25) is 0 Å². The number of anilines is 2. The van der Waals surface area contributed by atoms with Gasteiger partial charge in [0.15, 0.2) is 0 Å². The van der Waals surface area contributed by atoms with Crippen molar-refractivity contribution >= 4 is 23.2 Å². The number of carbonyl (C=O) groups excluding carboxylic acids is 2. The minimum absolute atomic E-state index is 0.143. The average Bonchev–Trinajstić information content (AvgIpc) is 2.81. The van der Waals surface area contributed by atoms with Crippen LogP contribution in [0.4, 0.5) is 11.4 Å². The molecule has 2 aromatic rings. The summed E-state index contributed by atoms with van der Waals surface area (Å²) in [6.07, 6.45) is 0.143. The van der Waals surface area contributed by atoms with Crippen LogP contribution in [-0.4, -0.2) is 25.0 Å². The number of methoxy groups -OCH3 is 1. The highest BCUT2D eigenvalue weighted by Crippen LogP contribution is 2.27. The molecule has 0 aliphatic carbocycles. The van der Waals surface area contributed by atoms with Crippen molar-refractivity contribution in [3.63, 3.8) is 0 Å². The highest BCUT2D eigenvalue weighted by molar-refractivity contribution is 6.23. The Morgan fingerprint density at radius 1 is 1.13 bits per heavy atom. The molecular weight excluding hydrogens is 292 g/mol. The molecule has 23 heavy (non-hydrogen) atoms. The second-order valence-corrected chi connectivity index (χ2v) is 5.54. The molecule has 0 radical (unpaired) electrons. The number of imide groups is 1. The van der Waals surface area contributed by atoms with Gasteiger partial charge in [0, 0.05) is 11.8 Å². The lowest BCUT2D eigenvalue weighted by Crippen LogP contribution is -2.34. The molecule has 0 saturated carbocycles. The Morgan fingerprint density at radius 2 is 1.91 bits per heavy atom. The van der Waals surface area contributed by atoms with Gasteiger partial charge in [0.25, 0.3) is 5.91 Å². The molecule has 0 bridgehead atoms. The van der Waals surface area contributed by atoms with E-state index < -0.39 is 6.04 Å². The van der Waals surface area contributed by atoms with Gasteiger partial charge in [-0.1, -0.05) is 18.2 Å². The van der Waals surface area contributed by atoms with Gasteiger partial charge >= 0.3 is 0 Å². The van der Waals surface area contributed by atoms with Crippen molar-refractivity contribution in [2.24, 2.45) is 0 Å². The minimum Gasteiger partial charge on any atom is -0.497 e. The van der Waals surface area contributed by atoms with Gasteiger partial charge in [-0.05, 0) is 36.8 Å². The molecule has 5 heteroatoms. The molecule has 0 aromatic heterocycles. The molecule has 1 aliphatic heterocycles. The molecule has 1 aliphatic rings. The number of rotatable bonds is 4.